The van der Waals surface area contributed by atoms with Crippen LogP contribution < -0.4 is 16.2 Å². The molecule has 17 heavy (non-hydrogen) atoms. The van der Waals surface area contributed by atoms with E-state index in [4.69, 9.17) is 16.2 Å². The Morgan fingerprint density at radius 1 is 1.18 bits per heavy atom. The first-order valence-corrected chi connectivity index (χ1v) is 5.48. The molecule has 1 aromatic heterocycles. The minimum atomic E-state index is 0.286. The Labute approximate surface area is 100 Å². The number of ether oxygens (including phenoxy) is 1. The second kappa shape index (κ2) is 4.74. The van der Waals surface area contributed by atoms with E-state index in [1.165, 1.54) is 5.56 Å². The number of aryl methyl sites for hydroxylation is 1. The summed E-state index contributed by atoms with van der Waals surface area (Å²) in [5.74, 6) is 1.49. The van der Waals surface area contributed by atoms with Crippen LogP contribution in [0.2, 0.25) is 0 Å². The van der Waals surface area contributed by atoms with Gasteiger partial charge in [-0.1, -0.05) is 19.1 Å². The number of nitrogens with two attached hydrogens (primary N) is 2. The van der Waals surface area contributed by atoms with Gasteiger partial charge in [0.25, 0.3) is 0 Å². The van der Waals surface area contributed by atoms with Crippen molar-refractivity contribution in [2.75, 3.05) is 11.5 Å². The fraction of sp³-hybridized carbons (Fsp3) is 0.154. The third kappa shape index (κ3) is 2.66. The number of nitrogens with zero attached hydrogens (tertiary/aromatic N) is 1. The predicted octanol–water partition coefficient (Wildman–Crippen LogP) is 2.60. The molecule has 4 N–H and O–H groups in total. The molecule has 1 heterocycles. The zero-order valence-corrected chi connectivity index (χ0v) is 9.68. The van der Waals surface area contributed by atoms with Crippen LogP contribution in [-0.2, 0) is 6.42 Å². The molecule has 0 radical (unpaired) electrons. The molecule has 2 rings (SSSR count). The summed E-state index contributed by atoms with van der Waals surface area (Å²) in [6.07, 6.45) is 0.967. The van der Waals surface area contributed by atoms with E-state index in [1.54, 1.807) is 12.1 Å². The van der Waals surface area contributed by atoms with Crippen LogP contribution >= 0.6 is 0 Å². The van der Waals surface area contributed by atoms with Crippen molar-refractivity contribution in [1.29, 1.82) is 0 Å². The molecule has 88 valence electrons. The first kappa shape index (κ1) is 11.3. The predicted molar refractivity (Wildman–Crippen MR) is 69.0 cm³/mol. The van der Waals surface area contributed by atoms with E-state index in [0.29, 0.717) is 11.6 Å². The van der Waals surface area contributed by atoms with Gasteiger partial charge in [-0.25, -0.2) is 0 Å². The van der Waals surface area contributed by atoms with Gasteiger partial charge in [0, 0.05) is 6.07 Å². The monoisotopic (exact) mass is 229 g/mol. The van der Waals surface area contributed by atoms with Gasteiger partial charge in [-0.2, -0.15) is 4.98 Å². The molecule has 0 bridgehead atoms. The molecule has 0 spiro atoms. The zero-order valence-electron chi connectivity index (χ0n) is 9.68. The highest BCUT2D eigenvalue weighted by Gasteiger charge is 2.02. The molecular weight excluding hydrogens is 214 g/mol. The van der Waals surface area contributed by atoms with Crippen molar-refractivity contribution in [3.63, 3.8) is 0 Å². The first-order chi connectivity index (χ1) is 8.19. The van der Waals surface area contributed by atoms with Gasteiger partial charge in [-0.05, 0) is 30.2 Å². The van der Waals surface area contributed by atoms with Crippen LogP contribution in [0, 0.1) is 0 Å². The third-order valence-electron chi connectivity index (χ3n) is 2.46. The minimum absolute atomic E-state index is 0.286. The van der Waals surface area contributed by atoms with Crippen molar-refractivity contribution < 1.29 is 4.74 Å². The van der Waals surface area contributed by atoms with Crippen molar-refractivity contribution in [2.45, 2.75) is 13.3 Å². The van der Waals surface area contributed by atoms with Gasteiger partial charge < -0.3 is 16.2 Å². The van der Waals surface area contributed by atoms with Crippen molar-refractivity contribution in [1.82, 2.24) is 4.98 Å². The Kier molecular flexibility index (Phi) is 3.14. The first-order valence-electron chi connectivity index (χ1n) is 5.48. The zero-order chi connectivity index (χ0) is 12.3. The molecule has 0 aliphatic rings. The van der Waals surface area contributed by atoms with E-state index in [0.717, 1.165) is 12.2 Å². The Balaban J connectivity index is 2.22. The number of pyridine rings is 1. The molecule has 0 saturated heterocycles. The standard InChI is InChI=1S/C13H15N3O/c1-2-9-4-3-5-10(8-9)17-12-7-6-11(14)13(15)16-12/h3-8H,2,14H2,1H3,(H2,15,16). The van der Waals surface area contributed by atoms with Gasteiger partial charge in [0.1, 0.15) is 5.75 Å². The fourth-order valence-electron chi connectivity index (χ4n) is 1.47. The SMILES string of the molecule is CCc1cccc(Oc2ccc(N)c(N)n2)c1. The Hall–Kier alpha value is -2.23. The van der Waals surface area contributed by atoms with Gasteiger partial charge in [0.2, 0.25) is 5.88 Å². The van der Waals surface area contributed by atoms with Gasteiger partial charge in [-0.15, -0.1) is 0 Å². The molecule has 0 unspecified atom stereocenters. The van der Waals surface area contributed by atoms with Gasteiger partial charge >= 0.3 is 0 Å². The van der Waals surface area contributed by atoms with Crippen molar-refractivity contribution in [2.24, 2.45) is 0 Å². The summed E-state index contributed by atoms with van der Waals surface area (Å²) in [6.45, 7) is 2.10. The number of hydrogen-bond donors (Lipinski definition) is 2. The van der Waals surface area contributed by atoms with Crippen molar-refractivity contribution in [3.8, 4) is 11.6 Å². The topological polar surface area (TPSA) is 74.2 Å². The van der Waals surface area contributed by atoms with Gasteiger partial charge in [0.05, 0.1) is 5.69 Å². The number of rotatable bonds is 3. The van der Waals surface area contributed by atoms with Crippen molar-refractivity contribution >= 4 is 11.5 Å². The summed E-state index contributed by atoms with van der Waals surface area (Å²) >= 11 is 0. The maximum atomic E-state index is 5.61. The van der Waals surface area contributed by atoms with Crippen LogP contribution in [0.15, 0.2) is 36.4 Å². The largest absolute Gasteiger partial charge is 0.439 e. The summed E-state index contributed by atoms with van der Waals surface area (Å²) in [5.41, 5.74) is 12.9. The fourth-order valence-corrected chi connectivity index (χ4v) is 1.47. The highest BCUT2D eigenvalue weighted by Crippen LogP contribution is 2.23. The highest BCUT2D eigenvalue weighted by molar-refractivity contribution is 5.58. The van der Waals surface area contributed by atoms with E-state index in [2.05, 4.69) is 18.0 Å². The molecule has 4 nitrogen and oxygen atoms in total. The van der Waals surface area contributed by atoms with E-state index in [1.807, 2.05) is 18.2 Å². The maximum Gasteiger partial charge on any atom is 0.221 e. The van der Waals surface area contributed by atoms with Crippen LogP contribution in [0.1, 0.15) is 12.5 Å². The molecule has 4 heteroatoms. The smallest absolute Gasteiger partial charge is 0.221 e. The number of anilines is 2. The van der Waals surface area contributed by atoms with Gasteiger partial charge in [0.15, 0.2) is 5.82 Å². The lowest BCUT2D eigenvalue weighted by Gasteiger charge is -2.07. The quantitative estimate of drug-likeness (QED) is 0.848. The lowest BCUT2D eigenvalue weighted by Crippen LogP contribution is -1.99. The summed E-state index contributed by atoms with van der Waals surface area (Å²) in [4.78, 5) is 4.05. The molecule has 0 fully saturated rings. The summed E-state index contributed by atoms with van der Waals surface area (Å²) in [5, 5.41) is 0. The van der Waals surface area contributed by atoms with E-state index < -0.39 is 0 Å². The minimum Gasteiger partial charge on any atom is -0.439 e. The maximum absolute atomic E-state index is 5.61. The number of nitrogen functional groups attached to an aromatic ring is 2. The summed E-state index contributed by atoms with van der Waals surface area (Å²) < 4.78 is 5.61. The second-order valence-electron chi connectivity index (χ2n) is 3.73. The van der Waals surface area contributed by atoms with Gasteiger partial charge in [-0.3, -0.25) is 0 Å². The average molecular weight is 229 g/mol. The molecule has 0 amide bonds. The van der Waals surface area contributed by atoms with Crippen molar-refractivity contribution in [3.05, 3.63) is 42.0 Å². The summed E-state index contributed by atoms with van der Waals surface area (Å²) in [7, 11) is 0. The lowest BCUT2D eigenvalue weighted by molar-refractivity contribution is 0.463. The molecule has 1 aromatic carbocycles. The average Bonchev–Trinajstić information content (AvgIpc) is 2.34. The molecule has 0 atom stereocenters. The molecule has 0 saturated carbocycles. The molecule has 0 aliphatic carbocycles. The second-order valence-corrected chi connectivity index (χ2v) is 3.73. The van der Waals surface area contributed by atoms with Crippen LogP contribution in [0.4, 0.5) is 11.5 Å². The van der Waals surface area contributed by atoms with Crippen LogP contribution in [0.3, 0.4) is 0 Å². The normalized spacial score (nSPS) is 10.2. The lowest BCUT2D eigenvalue weighted by atomic mass is 10.2. The molecule has 0 aliphatic heterocycles. The van der Waals surface area contributed by atoms with E-state index in [-0.39, 0.29) is 5.82 Å². The Morgan fingerprint density at radius 3 is 2.71 bits per heavy atom. The highest BCUT2D eigenvalue weighted by atomic mass is 16.5. The van der Waals surface area contributed by atoms with Crippen LogP contribution in [0.25, 0.3) is 0 Å². The Bertz CT molecular complexity index is 526. The van der Waals surface area contributed by atoms with Crippen LogP contribution in [-0.4, -0.2) is 4.98 Å². The van der Waals surface area contributed by atoms with E-state index in [9.17, 15) is 0 Å². The molecule has 2 aromatic rings. The van der Waals surface area contributed by atoms with Crippen LogP contribution in [0.5, 0.6) is 11.6 Å². The number of aromatic nitrogens is 1. The number of benzene rings is 1. The summed E-state index contributed by atoms with van der Waals surface area (Å²) in [6, 6.07) is 11.2. The number of hydrogen-bond acceptors (Lipinski definition) is 4. The third-order valence-corrected chi connectivity index (χ3v) is 2.46. The Morgan fingerprint density at radius 2 is 2.00 bits per heavy atom. The van der Waals surface area contributed by atoms with E-state index >= 15 is 0 Å². The molecular formula is C13H15N3O.